The van der Waals surface area contributed by atoms with Crippen molar-refractivity contribution in [1.29, 1.82) is 0 Å². The van der Waals surface area contributed by atoms with Crippen molar-refractivity contribution in [1.82, 2.24) is 10.2 Å². The average Bonchev–Trinajstić information content (AvgIpc) is 2.65. The Morgan fingerprint density at radius 1 is 1.27 bits per heavy atom. The molecule has 1 aliphatic carbocycles. The normalized spacial score (nSPS) is 26.6. The molecule has 0 N–H and O–H groups in total. The Kier molecular flexibility index (Phi) is 3.61. The topological polar surface area (TPSA) is 29.0 Å². The zero-order valence-corrected chi connectivity index (χ0v) is 11.5. The summed E-state index contributed by atoms with van der Waals surface area (Å²) in [6.07, 6.45) is 5.26. The molecule has 0 radical (unpaired) electrons. The highest BCUT2D eigenvalue weighted by Gasteiger charge is 2.23. The summed E-state index contributed by atoms with van der Waals surface area (Å²) in [6.45, 7) is 2.34. The highest BCUT2D eigenvalue weighted by atomic mass is 79.9. The van der Waals surface area contributed by atoms with Crippen molar-refractivity contribution in [2.45, 2.75) is 38.6 Å². The molecule has 84 valence electrons. The van der Waals surface area contributed by atoms with Crippen molar-refractivity contribution < 1.29 is 0 Å². The molecule has 0 unspecified atom stereocenters. The largest absolute Gasteiger partial charge is 0.347 e. The molecule has 1 aromatic heterocycles. The SMILES string of the molecule is CC1CCC(N(C)c2nnc(Br)s2)CC1. The van der Waals surface area contributed by atoms with Crippen LogP contribution >= 0.6 is 27.3 Å². The monoisotopic (exact) mass is 289 g/mol. The minimum Gasteiger partial charge on any atom is -0.347 e. The third-order valence-corrected chi connectivity index (χ3v) is 4.67. The lowest BCUT2D eigenvalue weighted by molar-refractivity contribution is 0.340. The van der Waals surface area contributed by atoms with Crippen molar-refractivity contribution >= 4 is 32.4 Å². The van der Waals surface area contributed by atoms with Gasteiger partial charge in [0.1, 0.15) is 0 Å². The molecule has 0 bridgehead atoms. The van der Waals surface area contributed by atoms with Crippen LogP contribution in [0.15, 0.2) is 3.92 Å². The first-order valence-electron chi connectivity index (χ1n) is 5.38. The second kappa shape index (κ2) is 4.78. The first-order valence-corrected chi connectivity index (χ1v) is 6.99. The number of halogens is 1. The van der Waals surface area contributed by atoms with E-state index in [1.165, 1.54) is 25.7 Å². The van der Waals surface area contributed by atoms with E-state index in [9.17, 15) is 0 Å². The molecule has 3 nitrogen and oxygen atoms in total. The van der Waals surface area contributed by atoms with Gasteiger partial charge in [0.2, 0.25) is 5.13 Å². The Morgan fingerprint density at radius 3 is 2.47 bits per heavy atom. The molecule has 0 amide bonds. The molecule has 0 aliphatic heterocycles. The maximum atomic E-state index is 4.16. The summed E-state index contributed by atoms with van der Waals surface area (Å²) in [4.78, 5) is 2.29. The molecule has 1 aromatic rings. The third-order valence-electron chi connectivity index (χ3n) is 3.22. The standard InChI is InChI=1S/C10H16BrN3S/c1-7-3-5-8(6-4-7)14(2)10-13-12-9(11)15-10/h7-8H,3-6H2,1-2H3. The fourth-order valence-electron chi connectivity index (χ4n) is 2.13. The molecule has 5 heteroatoms. The van der Waals surface area contributed by atoms with E-state index < -0.39 is 0 Å². The van der Waals surface area contributed by atoms with Crippen molar-refractivity contribution in [3.63, 3.8) is 0 Å². The number of rotatable bonds is 2. The van der Waals surface area contributed by atoms with E-state index >= 15 is 0 Å². The maximum Gasteiger partial charge on any atom is 0.209 e. The average molecular weight is 290 g/mol. The van der Waals surface area contributed by atoms with Crippen LogP contribution in [-0.2, 0) is 0 Å². The summed E-state index contributed by atoms with van der Waals surface area (Å²) >= 11 is 4.96. The first-order chi connectivity index (χ1) is 7.16. The van der Waals surface area contributed by atoms with Gasteiger partial charge in [0.25, 0.3) is 0 Å². The second-order valence-corrected chi connectivity index (χ2v) is 6.59. The summed E-state index contributed by atoms with van der Waals surface area (Å²) < 4.78 is 0.869. The summed E-state index contributed by atoms with van der Waals surface area (Å²) in [5.74, 6) is 0.899. The number of hydrogen-bond donors (Lipinski definition) is 0. The number of nitrogens with zero attached hydrogens (tertiary/aromatic N) is 3. The molecule has 0 atom stereocenters. The predicted octanol–water partition coefficient (Wildman–Crippen LogP) is 3.32. The number of anilines is 1. The molecule has 1 fully saturated rings. The van der Waals surface area contributed by atoms with Gasteiger partial charge in [0.15, 0.2) is 3.92 Å². The van der Waals surface area contributed by atoms with E-state index in [0.717, 1.165) is 15.0 Å². The van der Waals surface area contributed by atoms with Crippen LogP contribution in [0.25, 0.3) is 0 Å². The quantitative estimate of drug-likeness (QED) is 0.836. The first kappa shape index (κ1) is 11.3. The fraction of sp³-hybridized carbons (Fsp3) is 0.800. The molecule has 2 rings (SSSR count). The highest BCUT2D eigenvalue weighted by molar-refractivity contribution is 9.11. The molecule has 1 aliphatic rings. The summed E-state index contributed by atoms with van der Waals surface area (Å²) in [5, 5.41) is 9.18. The zero-order chi connectivity index (χ0) is 10.8. The summed E-state index contributed by atoms with van der Waals surface area (Å²) in [7, 11) is 2.13. The minimum absolute atomic E-state index is 0.654. The van der Waals surface area contributed by atoms with Crippen molar-refractivity contribution in [3.8, 4) is 0 Å². The van der Waals surface area contributed by atoms with Crippen LogP contribution in [0, 0.1) is 5.92 Å². The molecule has 1 heterocycles. The lowest BCUT2D eigenvalue weighted by Gasteiger charge is -2.33. The van der Waals surface area contributed by atoms with E-state index in [2.05, 4.69) is 45.0 Å². The Bertz CT molecular complexity index is 320. The van der Waals surface area contributed by atoms with Crippen LogP contribution in [0.2, 0.25) is 0 Å². The van der Waals surface area contributed by atoms with Gasteiger partial charge < -0.3 is 4.90 Å². The van der Waals surface area contributed by atoms with Gasteiger partial charge >= 0.3 is 0 Å². The third kappa shape index (κ3) is 2.69. The Morgan fingerprint density at radius 2 is 1.93 bits per heavy atom. The Hall–Kier alpha value is -0.160. The van der Waals surface area contributed by atoms with E-state index in [-0.39, 0.29) is 0 Å². The van der Waals surface area contributed by atoms with Gasteiger partial charge in [0, 0.05) is 13.1 Å². The van der Waals surface area contributed by atoms with Crippen LogP contribution in [0.3, 0.4) is 0 Å². The van der Waals surface area contributed by atoms with E-state index in [1.807, 2.05) is 0 Å². The van der Waals surface area contributed by atoms with Gasteiger partial charge in [-0.1, -0.05) is 18.3 Å². The lowest BCUT2D eigenvalue weighted by atomic mass is 9.87. The fourth-order valence-corrected chi connectivity index (χ4v) is 3.25. The number of hydrogen-bond acceptors (Lipinski definition) is 4. The van der Waals surface area contributed by atoms with E-state index in [1.54, 1.807) is 11.3 Å². The second-order valence-electron chi connectivity index (χ2n) is 4.36. The van der Waals surface area contributed by atoms with Crippen LogP contribution in [0.5, 0.6) is 0 Å². The molecular weight excluding hydrogens is 274 g/mol. The van der Waals surface area contributed by atoms with Crippen molar-refractivity contribution in [3.05, 3.63) is 3.92 Å². The van der Waals surface area contributed by atoms with Gasteiger partial charge in [-0.25, -0.2) is 0 Å². The van der Waals surface area contributed by atoms with Crippen LogP contribution in [0.1, 0.15) is 32.6 Å². The molecule has 1 saturated carbocycles. The van der Waals surface area contributed by atoms with Crippen LogP contribution < -0.4 is 4.90 Å². The van der Waals surface area contributed by atoms with Gasteiger partial charge in [-0.15, -0.1) is 10.2 Å². The van der Waals surface area contributed by atoms with E-state index in [4.69, 9.17) is 0 Å². The highest BCUT2D eigenvalue weighted by Crippen LogP contribution is 2.31. The molecular formula is C10H16BrN3S. The predicted molar refractivity (Wildman–Crippen MR) is 67.4 cm³/mol. The molecule has 15 heavy (non-hydrogen) atoms. The van der Waals surface area contributed by atoms with Crippen LogP contribution in [0.4, 0.5) is 5.13 Å². The van der Waals surface area contributed by atoms with E-state index in [0.29, 0.717) is 6.04 Å². The smallest absolute Gasteiger partial charge is 0.209 e. The molecule has 0 saturated heterocycles. The lowest BCUT2D eigenvalue weighted by Crippen LogP contribution is -2.34. The Balaban J connectivity index is 1.99. The van der Waals surface area contributed by atoms with Crippen molar-refractivity contribution in [2.24, 2.45) is 5.92 Å². The summed E-state index contributed by atoms with van der Waals surface area (Å²) in [6, 6.07) is 0.654. The molecule has 0 spiro atoms. The van der Waals surface area contributed by atoms with Gasteiger partial charge in [0.05, 0.1) is 0 Å². The van der Waals surface area contributed by atoms with Crippen LogP contribution in [-0.4, -0.2) is 23.3 Å². The van der Waals surface area contributed by atoms with Gasteiger partial charge in [-0.05, 0) is 47.5 Å². The van der Waals surface area contributed by atoms with Gasteiger partial charge in [-0.3, -0.25) is 0 Å². The summed E-state index contributed by atoms with van der Waals surface area (Å²) in [5.41, 5.74) is 0. The maximum absolute atomic E-state index is 4.16. The van der Waals surface area contributed by atoms with Crippen molar-refractivity contribution in [2.75, 3.05) is 11.9 Å². The number of aromatic nitrogens is 2. The molecule has 0 aromatic carbocycles. The minimum atomic E-state index is 0.654. The zero-order valence-electron chi connectivity index (χ0n) is 9.11. The van der Waals surface area contributed by atoms with Gasteiger partial charge in [-0.2, -0.15) is 0 Å². The Labute approximate surface area is 103 Å².